The summed E-state index contributed by atoms with van der Waals surface area (Å²) in [6.45, 7) is 10.6. The number of likely N-dealkylation sites (tertiary alicyclic amines) is 2. The lowest BCUT2D eigenvalue weighted by molar-refractivity contribution is -0.140. The van der Waals surface area contributed by atoms with Crippen molar-refractivity contribution in [2.75, 3.05) is 45.8 Å². The second kappa shape index (κ2) is 11.8. The average Bonchev–Trinajstić information content (AvgIpc) is 3.44. The molecule has 180 valence electrons. The first-order valence-electron chi connectivity index (χ1n) is 12.4. The number of rotatable bonds is 9. The van der Waals surface area contributed by atoms with Gasteiger partial charge in [-0.25, -0.2) is 0 Å². The number of fused-ring (bicyclic) bond motifs is 5. The van der Waals surface area contributed by atoms with Crippen LogP contribution in [0.25, 0.3) is 0 Å². The molecule has 2 heterocycles. The summed E-state index contributed by atoms with van der Waals surface area (Å²) >= 11 is 0. The van der Waals surface area contributed by atoms with Crippen LogP contribution in [0.4, 0.5) is 0 Å². The van der Waals surface area contributed by atoms with Crippen LogP contribution in [-0.2, 0) is 9.59 Å². The summed E-state index contributed by atoms with van der Waals surface area (Å²) in [5, 5.41) is 6.57. The van der Waals surface area contributed by atoms with Gasteiger partial charge in [-0.3, -0.25) is 19.5 Å². The molecule has 2 aliphatic heterocycles. The van der Waals surface area contributed by atoms with Gasteiger partial charge in [-0.1, -0.05) is 19.1 Å². The summed E-state index contributed by atoms with van der Waals surface area (Å²) in [5.74, 6) is 2.06. The number of aliphatic imine (C=N–C) groups is 1. The molecule has 0 spiro atoms. The van der Waals surface area contributed by atoms with Crippen LogP contribution in [-0.4, -0.2) is 73.4 Å². The van der Waals surface area contributed by atoms with Crippen LogP contribution >= 0.6 is 24.0 Å². The molecule has 0 aromatic heterocycles. The Bertz CT molecular complexity index is 689. The van der Waals surface area contributed by atoms with E-state index in [2.05, 4.69) is 39.6 Å². The van der Waals surface area contributed by atoms with Gasteiger partial charge >= 0.3 is 0 Å². The van der Waals surface area contributed by atoms with Gasteiger partial charge in [0, 0.05) is 26.2 Å². The largest absolute Gasteiger partial charge is 0.357 e. The number of imide groups is 1. The fourth-order valence-electron chi connectivity index (χ4n) is 5.74. The van der Waals surface area contributed by atoms with Crippen molar-refractivity contribution in [1.29, 1.82) is 0 Å². The molecule has 2 amide bonds. The predicted molar refractivity (Wildman–Crippen MR) is 138 cm³/mol. The first kappa shape index (κ1) is 25.5. The number of halogens is 1. The summed E-state index contributed by atoms with van der Waals surface area (Å²) in [5.41, 5.74) is 0. The summed E-state index contributed by atoms with van der Waals surface area (Å²) < 4.78 is 0. The monoisotopic (exact) mass is 557 g/mol. The molecule has 3 fully saturated rings. The molecule has 7 nitrogen and oxygen atoms in total. The molecular formula is C24H40IN5O2. The highest BCUT2D eigenvalue weighted by atomic mass is 127. The Hall–Kier alpha value is -1.16. The molecular weight excluding hydrogens is 517 g/mol. The van der Waals surface area contributed by atoms with Gasteiger partial charge in [0.1, 0.15) is 0 Å². The minimum Gasteiger partial charge on any atom is -0.357 e. The van der Waals surface area contributed by atoms with Crippen LogP contribution in [0.3, 0.4) is 0 Å². The van der Waals surface area contributed by atoms with Crippen LogP contribution in [0.1, 0.15) is 46.0 Å². The minimum absolute atomic E-state index is 0. The van der Waals surface area contributed by atoms with Gasteiger partial charge in [-0.05, 0) is 76.4 Å². The van der Waals surface area contributed by atoms with E-state index in [9.17, 15) is 9.59 Å². The number of allylic oxidation sites excluding steroid dienone is 2. The zero-order valence-electron chi connectivity index (χ0n) is 19.6. The Morgan fingerprint density at radius 2 is 1.69 bits per heavy atom. The molecule has 4 aliphatic rings. The van der Waals surface area contributed by atoms with Crippen molar-refractivity contribution >= 4 is 41.8 Å². The van der Waals surface area contributed by atoms with E-state index in [1.54, 1.807) is 0 Å². The SMILES string of the molecule is CCNC(=NCCCCN1CCC(C)CC1)NCCN1C(=O)C2C3C=CC(C3)C2C1=O.I. The van der Waals surface area contributed by atoms with Crippen LogP contribution < -0.4 is 10.6 Å². The van der Waals surface area contributed by atoms with Crippen molar-refractivity contribution in [2.45, 2.75) is 46.0 Å². The van der Waals surface area contributed by atoms with Gasteiger partial charge in [-0.2, -0.15) is 0 Å². The number of piperidine rings is 1. The Kier molecular flexibility index (Phi) is 9.40. The highest BCUT2D eigenvalue weighted by Crippen LogP contribution is 2.52. The quantitative estimate of drug-likeness (QED) is 0.114. The molecule has 0 aromatic rings. The van der Waals surface area contributed by atoms with E-state index < -0.39 is 0 Å². The lowest BCUT2D eigenvalue weighted by atomic mass is 9.85. The van der Waals surface area contributed by atoms with Gasteiger partial charge in [0.25, 0.3) is 0 Å². The third-order valence-electron chi connectivity index (χ3n) is 7.56. The van der Waals surface area contributed by atoms with Crippen molar-refractivity contribution in [3.63, 3.8) is 0 Å². The van der Waals surface area contributed by atoms with Crippen molar-refractivity contribution in [3.05, 3.63) is 12.2 Å². The number of amides is 2. The maximum atomic E-state index is 12.8. The second-order valence-corrected chi connectivity index (χ2v) is 9.75. The molecule has 2 saturated heterocycles. The van der Waals surface area contributed by atoms with E-state index >= 15 is 0 Å². The zero-order chi connectivity index (χ0) is 21.8. The number of unbranched alkanes of at least 4 members (excludes halogenated alkanes) is 1. The van der Waals surface area contributed by atoms with Crippen LogP contribution in [0.2, 0.25) is 0 Å². The van der Waals surface area contributed by atoms with Crippen LogP contribution in [0.5, 0.6) is 0 Å². The predicted octanol–water partition coefficient (Wildman–Crippen LogP) is 2.48. The fourth-order valence-corrected chi connectivity index (χ4v) is 5.74. The number of carbonyl (C=O) groups is 2. The minimum atomic E-state index is -0.104. The number of nitrogens with zero attached hydrogens (tertiary/aromatic N) is 3. The molecule has 1 saturated carbocycles. The molecule has 4 unspecified atom stereocenters. The van der Waals surface area contributed by atoms with Crippen LogP contribution in [0, 0.1) is 29.6 Å². The van der Waals surface area contributed by atoms with Gasteiger partial charge in [-0.15, -0.1) is 24.0 Å². The fraction of sp³-hybridized carbons (Fsp3) is 0.792. The molecule has 32 heavy (non-hydrogen) atoms. The van der Waals surface area contributed by atoms with Gasteiger partial charge in [0.15, 0.2) is 5.96 Å². The molecule has 2 aliphatic carbocycles. The maximum Gasteiger partial charge on any atom is 0.233 e. The topological polar surface area (TPSA) is 77.0 Å². The number of guanidine groups is 1. The number of carbonyl (C=O) groups excluding carboxylic acids is 2. The molecule has 8 heteroatoms. The molecule has 2 bridgehead atoms. The van der Waals surface area contributed by atoms with Gasteiger partial charge < -0.3 is 15.5 Å². The third kappa shape index (κ3) is 5.66. The normalized spacial score (nSPS) is 30.1. The maximum absolute atomic E-state index is 12.8. The number of hydrogen-bond acceptors (Lipinski definition) is 4. The molecule has 2 N–H and O–H groups in total. The highest BCUT2D eigenvalue weighted by Gasteiger charge is 2.58. The van der Waals surface area contributed by atoms with E-state index in [4.69, 9.17) is 0 Å². The molecule has 4 rings (SSSR count). The summed E-state index contributed by atoms with van der Waals surface area (Å²) in [6, 6.07) is 0. The summed E-state index contributed by atoms with van der Waals surface area (Å²) in [7, 11) is 0. The Morgan fingerprint density at radius 1 is 1.03 bits per heavy atom. The van der Waals surface area contributed by atoms with E-state index in [0.29, 0.717) is 13.1 Å². The second-order valence-electron chi connectivity index (χ2n) is 9.75. The average molecular weight is 558 g/mol. The molecule has 0 aromatic carbocycles. The van der Waals surface area contributed by atoms with E-state index in [1.165, 1.54) is 43.8 Å². The smallest absolute Gasteiger partial charge is 0.233 e. The van der Waals surface area contributed by atoms with Gasteiger partial charge in [0.2, 0.25) is 11.8 Å². The lowest BCUT2D eigenvalue weighted by Crippen LogP contribution is -2.43. The number of hydrogen-bond donors (Lipinski definition) is 2. The third-order valence-corrected chi connectivity index (χ3v) is 7.56. The van der Waals surface area contributed by atoms with Crippen LogP contribution in [0.15, 0.2) is 17.1 Å². The van der Waals surface area contributed by atoms with Crippen molar-refractivity contribution < 1.29 is 9.59 Å². The van der Waals surface area contributed by atoms with E-state index in [-0.39, 0.29) is 59.5 Å². The zero-order valence-corrected chi connectivity index (χ0v) is 21.9. The van der Waals surface area contributed by atoms with Crippen molar-refractivity contribution in [1.82, 2.24) is 20.4 Å². The standard InChI is InChI=1S/C24H39N5O2.HI/c1-3-25-24(26-10-4-5-12-28-13-8-17(2)9-14-28)27-11-15-29-22(30)20-18-6-7-19(16-18)21(20)23(29)31;/h6-7,17-21H,3-5,8-16H2,1-2H3,(H2,25,26,27);1H. The summed E-state index contributed by atoms with van der Waals surface area (Å²) in [4.78, 5) is 34.3. The van der Waals surface area contributed by atoms with Crippen molar-refractivity contribution in [2.24, 2.45) is 34.6 Å². The Morgan fingerprint density at radius 3 is 2.31 bits per heavy atom. The van der Waals surface area contributed by atoms with E-state index in [0.717, 1.165) is 37.8 Å². The molecule has 4 atom stereocenters. The van der Waals surface area contributed by atoms with Gasteiger partial charge in [0.05, 0.1) is 11.8 Å². The lowest BCUT2D eigenvalue weighted by Gasteiger charge is -2.30. The van der Waals surface area contributed by atoms with E-state index in [1.807, 2.05) is 6.92 Å². The number of nitrogens with one attached hydrogen (secondary N) is 2. The first-order valence-corrected chi connectivity index (χ1v) is 12.4. The van der Waals surface area contributed by atoms with Crippen molar-refractivity contribution in [3.8, 4) is 0 Å². The highest BCUT2D eigenvalue weighted by molar-refractivity contribution is 14.0. The Balaban J connectivity index is 0.00000289. The first-order chi connectivity index (χ1) is 15.1. The Labute approximate surface area is 209 Å². The molecule has 0 radical (unpaired) electrons. The summed E-state index contributed by atoms with van der Waals surface area (Å²) in [6.07, 6.45) is 10.2.